The fraction of sp³-hybridized carbons (Fsp3) is 0.364. The van der Waals surface area contributed by atoms with E-state index in [0.717, 1.165) is 11.3 Å². The van der Waals surface area contributed by atoms with Crippen molar-refractivity contribution in [3.05, 3.63) is 24.0 Å². The van der Waals surface area contributed by atoms with Gasteiger partial charge < -0.3 is 0 Å². The second-order valence-electron chi connectivity index (χ2n) is 4.34. The summed E-state index contributed by atoms with van der Waals surface area (Å²) < 4.78 is 24.5. The van der Waals surface area contributed by atoms with Gasteiger partial charge in [0.1, 0.15) is 0 Å². The van der Waals surface area contributed by atoms with Crippen LogP contribution in [0.1, 0.15) is 25.6 Å². The van der Waals surface area contributed by atoms with Crippen molar-refractivity contribution in [2.45, 2.75) is 32.0 Å². The van der Waals surface area contributed by atoms with E-state index in [2.05, 4.69) is 15.2 Å². The van der Waals surface area contributed by atoms with Crippen molar-refractivity contribution in [2.75, 3.05) is 0 Å². The number of halogens is 1. The van der Waals surface area contributed by atoms with E-state index < -0.39 is 9.05 Å². The van der Waals surface area contributed by atoms with Crippen LogP contribution < -0.4 is 0 Å². The molecule has 0 aliphatic rings. The van der Waals surface area contributed by atoms with Crippen LogP contribution in [0.2, 0.25) is 0 Å². The van der Waals surface area contributed by atoms with E-state index in [-0.39, 0.29) is 11.2 Å². The molecule has 6 nitrogen and oxygen atoms in total. The highest BCUT2D eigenvalue weighted by Gasteiger charge is 2.25. The molecule has 2 aromatic heterocycles. The summed E-state index contributed by atoms with van der Waals surface area (Å²) in [7, 11) is 1.44. The summed E-state index contributed by atoms with van der Waals surface area (Å²) in [5, 5.41) is 7.39. The minimum atomic E-state index is -3.94. The molecule has 2 rings (SSSR count). The molecule has 0 aliphatic carbocycles. The highest BCUT2D eigenvalue weighted by atomic mass is 35.7. The lowest BCUT2D eigenvalue weighted by Crippen LogP contribution is -2.10. The smallest absolute Gasteiger partial charge is 0.294 e. The highest BCUT2D eigenvalue weighted by molar-refractivity contribution is 8.13. The van der Waals surface area contributed by atoms with Crippen LogP contribution in [0.4, 0.5) is 0 Å². The number of aryl methyl sites for hydroxylation is 1. The van der Waals surface area contributed by atoms with Gasteiger partial charge in [-0.15, -0.1) is 10.2 Å². The highest BCUT2D eigenvalue weighted by Crippen LogP contribution is 2.27. The van der Waals surface area contributed by atoms with Gasteiger partial charge in [0.15, 0.2) is 5.82 Å². The van der Waals surface area contributed by atoms with E-state index in [1.54, 1.807) is 12.3 Å². The lowest BCUT2D eigenvalue weighted by molar-refractivity contribution is 0.530. The van der Waals surface area contributed by atoms with E-state index >= 15 is 0 Å². The van der Waals surface area contributed by atoms with E-state index in [0.29, 0.717) is 5.82 Å². The third-order valence-corrected chi connectivity index (χ3v) is 3.78. The lowest BCUT2D eigenvalue weighted by Gasteiger charge is -2.13. The molecular formula is C11H13ClN4O2S. The Bertz CT molecular complexity index is 709. The summed E-state index contributed by atoms with van der Waals surface area (Å²) >= 11 is 0. The largest absolute Gasteiger partial charge is 0.296 e. The zero-order chi connectivity index (χ0) is 14.2. The summed E-state index contributed by atoms with van der Waals surface area (Å²) in [5.74, 6) is 0.444. The fourth-order valence-corrected chi connectivity index (χ4v) is 2.80. The van der Waals surface area contributed by atoms with Crippen molar-refractivity contribution in [3.63, 3.8) is 0 Å². The SMILES string of the molecule is Cc1ncccc1-c1nnc(S(=O)(=O)Cl)n1C(C)C. The molecule has 0 unspecified atom stereocenters. The summed E-state index contributed by atoms with van der Waals surface area (Å²) in [4.78, 5) is 4.16. The Balaban J connectivity index is 2.74. The normalized spacial score (nSPS) is 12.1. The first-order valence-electron chi connectivity index (χ1n) is 5.64. The first kappa shape index (κ1) is 14.0. The Hall–Kier alpha value is -1.47. The maximum Gasteiger partial charge on any atom is 0.296 e. The quantitative estimate of drug-likeness (QED) is 0.812. The Kier molecular flexibility index (Phi) is 3.60. The second-order valence-corrected chi connectivity index (χ2v) is 6.80. The predicted octanol–water partition coefficient (Wildman–Crippen LogP) is 2.16. The van der Waals surface area contributed by atoms with Gasteiger partial charge in [-0.25, -0.2) is 8.42 Å². The summed E-state index contributed by atoms with van der Waals surface area (Å²) in [6.45, 7) is 5.50. The molecule has 0 amide bonds. The van der Waals surface area contributed by atoms with Crippen molar-refractivity contribution in [1.82, 2.24) is 19.7 Å². The zero-order valence-electron chi connectivity index (χ0n) is 10.7. The molecule has 0 spiro atoms. The Morgan fingerprint density at radius 2 is 2.00 bits per heavy atom. The van der Waals surface area contributed by atoms with Crippen molar-refractivity contribution < 1.29 is 8.42 Å². The molecule has 0 atom stereocenters. The van der Waals surface area contributed by atoms with Gasteiger partial charge in [0.25, 0.3) is 14.2 Å². The van der Waals surface area contributed by atoms with Gasteiger partial charge in [-0.2, -0.15) is 0 Å². The Labute approximate surface area is 115 Å². The number of pyridine rings is 1. The first-order chi connectivity index (χ1) is 8.82. The lowest BCUT2D eigenvalue weighted by atomic mass is 10.2. The third-order valence-electron chi connectivity index (χ3n) is 2.65. The van der Waals surface area contributed by atoms with Gasteiger partial charge in [0.05, 0.1) is 0 Å². The van der Waals surface area contributed by atoms with E-state index in [1.807, 2.05) is 26.8 Å². The van der Waals surface area contributed by atoms with Crippen molar-refractivity contribution in [2.24, 2.45) is 0 Å². The molecule has 8 heteroatoms. The maximum atomic E-state index is 11.5. The van der Waals surface area contributed by atoms with Crippen LogP contribution >= 0.6 is 10.7 Å². The molecule has 0 aromatic carbocycles. The summed E-state index contributed by atoms with van der Waals surface area (Å²) in [6.07, 6.45) is 1.66. The van der Waals surface area contributed by atoms with Gasteiger partial charge in [0.2, 0.25) is 0 Å². The van der Waals surface area contributed by atoms with E-state index in [1.165, 1.54) is 4.57 Å². The predicted molar refractivity (Wildman–Crippen MR) is 71.4 cm³/mol. The maximum absolute atomic E-state index is 11.5. The van der Waals surface area contributed by atoms with Crippen LogP contribution in [0.5, 0.6) is 0 Å². The van der Waals surface area contributed by atoms with Gasteiger partial charge in [0, 0.05) is 34.2 Å². The van der Waals surface area contributed by atoms with Crippen LogP contribution in [-0.2, 0) is 9.05 Å². The molecule has 0 saturated heterocycles. The molecule has 0 fully saturated rings. The molecular weight excluding hydrogens is 288 g/mol. The van der Waals surface area contributed by atoms with Crippen molar-refractivity contribution in [3.8, 4) is 11.4 Å². The molecule has 0 radical (unpaired) electrons. The molecule has 2 aromatic rings. The summed E-state index contributed by atoms with van der Waals surface area (Å²) in [5.41, 5.74) is 1.48. The fourth-order valence-electron chi connectivity index (χ4n) is 1.81. The van der Waals surface area contributed by atoms with Crippen LogP contribution in [0, 0.1) is 6.92 Å². The van der Waals surface area contributed by atoms with Crippen molar-refractivity contribution >= 4 is 19.7 Å². The molecule has 0 saturated carbocycles. The molecule has 0 aliphatic heterocycles. The number of nitrogens with zero attached hydrogens (tertiary/aromatic N) is 4. The minimum Gasteiger partial charge on any atom is -0.294 e. The van der Waals surface area contributed by atoms with Gasteiger partial charge in [-0.1, -0.05) is 0 Å². The third kappa shape index (κ3) is 2.62. The standard InChI is InChI=1S/C11H13ClN4O2S/c1-7(2)16-10(9-5-4-6-13-8(9)3)14-15-11(16)19(12,17)18/h4-7H,1-3H3. The average molecular weight is 301 g/mol. The molecule has 0 N–H and O–H groups in total. The van der Waals surface area contributed by atoms with Crippen LogP contribution in [0.3, 0.4) is 0 Å². The van der Waals surface area contributed by atoms with Gasteiger partial charge in [-0.05, 0) is 32.9 Å². The molecule has 0 bridgehead atoms. The molecule has 102 valence electrons. The number of hydrogen-bond acceptors (Lipinski definition) is 5. The monoisotopic (exact) mass is 300 g/mol. The van der Waals surface area contributed by atoms with Crippen molar-refractivity contribution in [1.29, 1.82) is 0 Å². The second kappa shape index (κ2) is 4.90. The van der Waals surface area contributed by atoms with E-state index in [4.69, 9.17) is 10.7 Å². The number of rotatable bonds is 3. The number of hydrogen-bond donors (Lipinski definition) is 0. The van der Waals surface area contributed by atoms with Crippen LogP contribution in [0.15, 0.2) is 23.5 Å². The van der Waals surface area contributed by atoms with E-state index in [9.17, 15) is 8.42 Å². The Morgan fingerprint density at radius 3 is 2.53 bits per heavy atom. The minimum absolute atomic E-state index is 0.145. The van der Waals surface area contributed by atoms with Crippen LogP contribution in [0.25, 0.3) is 11.4 Å². The average Bonchev–Trinajstić information content (AvgIpc) is 2.73. The number of aromatic nitrogens is 4. The summed E-state index contributed by atoms with van der Waals surface area (Å²) in [6, 6.07) is 3.43. The van der Waals surface area contributed by atoms with Gasteiger partial charge in [-0.3, -0.25) is 9.55 Å². The van der Waals surface area contributed by atoms with Gasteiger partial charge >= 0.3 is 0 Å². The first-order valence-corrected chi connectivity index (χ1v) is 7.95. The van der Waals surface area contributed by atoms with Crippen LogP contribution in [-0.4, -0.2) is 28.2 Å². The Morgan fingerprint density at radius 1 is 1.32 bits per heavy atom. The topological polar surface area (TPSA) is 77.7 Å². The molecule has 19 heavy (non-hydrogen) atoms. The zero-order valence-corrected chi connectivity index (χ0v) is 12.3. The molecule has 2 heterocycles.